The number of hydrogen-bond donors (Lipinski definition) is 2. The highest BCUT2D eigenvalue weighted by Gasteiger charge is 2.16. The molecule has 0 spiro atoms. The number of ether oxygens (including phenoxy) is 1. The van der Waals surface area contributed by atoms with Crippen LogP contribution in [0.5, 0.6) is 17.2 Å². The summed E-state index contributed by atoms with van der Waals surface area (Å²) in [6, 6.07) is 10.1. The summed E-state index contributed by atoms with van der Waals surface area (Å²) in [5, 5.41) is 20.6. The smallest absolute Gasteiger partial charge is 0.297 e. The van der Waals surface area contributed by atoms with Gasteiger partial charge < -0.3 is 20.3 Å². The largest absolute Gasteiger partial charge is 0.591 e. The van der Waals surface area contributed by atoms with Crippen LogP contribution in [0.15, 0.2) is 42.3 Å². The molecule has 0 radical (unpaired) electrons. The second kappa shape index (κ2) is 4.40. The zero-order chi connectivity index (χ0) is 13.4. The molecule has 5 heteroatoms. The van der Waals surface area contributed by atoms with E-state index in [2.05, 4.69) is 5.32 Å². The van der Waals surface area contributed by atoms with Crippen molar-refractivity contribution in [3.63, 3.8) is 0 Å². The number of fused-ring (bicyclic) bond motifs is 1. The fourth-order valence-electron chi connectivity index (χ4n) is 1.82. The third-order valence-corrected chi connectivity index (χ3v) is 2.97. The van der Waals surface area contributed by atoms with E-state index in [9.17, 15) is 5.11 Å². The second-order valence-corrected chi connectivity index (χ2v) is 4.59. The van der Waals surface area contributed by atoms with E-state index in [1.165, 1.54) is 6.07 Å². The number of anilines is 1. The average Bonchev–Trinajstić information content (AvgIpc) is 2.75. The molecule has 2 aromatic carbocycles. The van der Waals surface area contributed by atoms with Gasteiger partial charge in [-0.2, -0.15) is 0 Å². The summed E-state index contributed by atoms with van der Waals surface area (Å²) in [5.41, 5.74) is 1.62. The molecule has 0 saturated heterocycles. The molecular formula is C14H11ClNO3+. The van der Waals surface area contributed by atoms with Crippen molar-refractivity contribution >= 4 is 23.4 Å². The van der Waals surface area contributed by atoms with Crippen molar-refractivity contribution in [3.8, 4) is 17.2 Å². The number of phenolic OH excluding ortho intramolecular Hbond substituents is 1. The Kier molecular flexibility index (Phi) is 2.72. The summed E-state index contributed by atoms with van der Waals surface area (Å²) in [5.74, 6) is 1.26. The maximum Gasteiger partial charge on any atom is 0.297 e. The van der Waals surface area contributed by atoms with Gasteiger partial charge in [-0.3, -0.25) is 0 Å². The normalized spacial score (nSPS) is 14.9. The van der Waals surface area contributed by atoms with Gasteiger partial charge in [0, 0.05) is 23.2 Å². The molecule has 1 aliphatic heterocycles. The van der Waals surface area contributed by atoms with E-state index in [0.29, 0.717) is 16.7 Å². The third kappa shape index (κ3) is 2.30. The molecule has 0 saturated carbocycles. The van der Waals surface area contributed by atoms with Gasteiger partial charge in [-0.05, 0) is 23.8 Å². The van der Waals surface area contributed by atoms with Crippen molar-refractivity contribution in [3.05, 3.63) is 52.9 Å². The molecule has 3 rings (SSSR count). The Morgan fingerprint density at radius 3 is 2.84 bits per heavy atom. The van der Waals surface area contributed by atoms with Crippen molar-refractivity contribution < 1.29 is 14.9 Å². The standard InChI is InChI=1S/C14H10ClNO3/c15-9-2-3-10-13(7-9)19-14(16-10)6-8-1-4-11(17)12(18)5-8/h1-7,16-18H/p+1/b14-6-. The van der Waals surface area contributed by atoms with Crippen LogP contribution in [0.1, 0.15) is 5.56 Å². The Morgan fingerprint density at radius 1 is 1.21 bits per heavy atom. The van der Waals surface area contributed by atoms with Crippen LogP contribution < -0.4 is 10.1 Å². The van der Waals surface area contributed by atoms with E-state index in [4.69, 9.17) is 21.4 Å². The monoisotopic (exact) mass is 276 g/mol. The van der Waals surface area contributed by atoms with Gasteiger partial charge >= 0.3 is 0 Å². The summed E-state index contributed by atoms with van der Waals surface area (Å²) in [7, 11) is 0. The van der Waals surface area contributed by atoms with Crippen LogP contribution in [0, 0.1) is 0 Å². The molecule has 19 heavy (non-hydrogen) atoms. The van der Waals surface area contributed by atoms with Crippen molar-refractivity contribution in [1.29, 1.82) is 0 Å². The van der Waals surface area contributed by atoms with E-state index >= 15 is 0 Å². The predicted octanol–water partition coefficient (Wildman–Crippen LogP) is 3.29. The molecule has 0 bridgehead atoms. The van der Waals surface area contributed by atoms with Gasteiger partial charge in [0.15, 0.2) is 11.6 Å². The summed E-state index contributed by atoms with van der Waals surface area (Å²) >= 11 is 5.89. The second-order valence-electron chi connectivity index (χ2n) is 4.15. The first-order chi connectivity index (χ1) is 9.11. The molecule has 96 valence electrons. The molecule has 0 aromatic heterocycles. The molecule has 4 N–H and O–H groups in total. The van der Waals surface area contributed by atoms with Crippen LogP contribution in [0.2, 0.25) is 5.02 Å². The molecule has 0 unspecified atom stereocenters. The van der Waals surface area contributed by atoms with E-state index in [1.54, 1.807) is 30.3 Å². The summed E-state index contributed by atoms with van der Waals surface area (Å²) in [6.07, 6.45) is 1.76. The number of phenols is 1. The minimum absolute atomic E-state index is 0.0440. The highest BCUT2D eigenvalue weighted by atomic mass is 35.5. The van der Waals surface area contributed by atoms with Crippen LogP contribution in [0.25, 0.3) is 6.08 Å². The van der Waals surface area contributed by atoms with Crippen molar-refractivity contribution in [2.24, 2.45) is 0 Å². The summed E-state index contributed by atoms with van der Waals surface area (Å²) in [4.78, 5) is 0. The van der Waals surface area contributed by atoms with Crippen LogP contribution in [-0.2, 0) is 0 Å². The first kappa shape index (κ1) is 11.7. The highest BCUT2D eigenvalue weighted by Crippen LogP contribution is 2.36. The fourth-order valence-corrected chi connectivity index (χ4v) is 1.98. The molecule has 0 fully saturated rings. The lowest BCUT2D eigenvalue weighted by Crippen LogP contribution is -1.95. The van der Waals surface area contributed by atoms with Crippen LogP contribution >= 0.6 is 11.6 Å². The minimum atomic E-state index is -0.0440. The Bertz CT molecular complexity index is 682. The minimum Gasteiger partial charge on any atom is -0.591 e. The van der Waals surface area contributed by atoms with Gasteiger partial charge in [0.2, 0.25) is 5.75 Å². The Morgan fingerprint density at radius 2 is 2.05 bits per heavy atom. The average molecular weight is 277 g/mol. The molecular weight excluding hydrogens is 266 g/mol. The van der Waals surface area contributed by atoms with E-state index in [-0.39, 0.29) is 11.5 Å². The van der Waals surface area contributed by atoms with E-state index in [0.717, 1.165) is 11.3 Å². The number of aromatic hydroxyl groups is 1. The summed E-state index contributed by atoms with van der Waals surface area (Å²) < 4.78 is 5.60. The van der Waals surface area contributed by atoms with Crippen LogP contribution in [0.4, 0.5) is 5.69 Å². The highest BCUT2D eigenvalue weighted by molar-refractivity contribution is 6.30. The van der Waals surface area contributed by atoms with Gasteiger partial charge in [0.25, 0.3) is 5.75 Å². The Hall–Kier alpha value is -2.33. The SMILES string of the molecule is Oc1ccc(/C=C2/Nc3ccc(Cl)cc3O2)cc1[OH2+]. The topological polar surface area (TPSA) is 64.4 Å². The van der Waals surface area contributed by atoms with Gasteiger partial charge in [-0.15, -0.1) is 0 Å². The Balaban J connectivity index is 1.89. The molecule has 0 amide bonds. The number of nitrogens with one attached hydrogen (secondary N) is 1. The van der Waals surface area contributed by atoms with Gasteiger partial charge in [0.05, 0.1) is 5.69 Å². The van der Waals surface area contributed by atoms with Gasteiger partial charge in [-0.1, -0.05) is 17.7 Å². The van der Waals surface area contributed by atoms with Crippen molar-refractivity contribution in [2.45, 2.75) is 0 Å². The first-order valence-electron chi connectivity index (χ1n) is 5.62. The van der Waals surface area contributed by atoms with Gasteiger partial charge in [-0.25, -0.2) is 0 Å². The third-order valence-electron chi connectivity index (χ3n) is 2.74. The number of benzene rings is 2. The maximum absolute atomic E-state index is 9.31. The molecule has 1 aliphatic rings. The van der Waals surface area contributed by atoms with Crippen molar-refractivity contribution in [2.75, 3.05) is 5.32 Å². The number of hydrogen-bond acceptors (Lipinski definition) is 3. The number of rotatable bonds is 1. The molecule has 0 atom stereocenters. The molecule has 0 aliphatic carbocycles. The first-order valence-corrected chi connectivity index (χ1v) is 6.00. The molecule has 2 aromatic rings. The van der Waals surface area contributed by atoms with E-state index in [1.807, 2.05) is 6.07 Å². The maximum atomic E-state index is 9.31. The van der Waals surface area contributed by atoms with Crippen LogP contribution in [-0.4, -0.2) is 10.2 Å². The zero-order valence-electron chi connectivity index (χ0n) is 9.77. The van der Waals surface area contributed by atoms with E-state index < -0.39 is 0 Å². The predicted molar refractivity (Wildman–Crippen MR) is 74.8 cm³/mol. The molecule has 1 heterocycles. The zero-order valence-corrected chi connectivity index (χ0v) is 10.5. The lowest BCUT2D eigenvalue weighted by molar-refractivity contribution is 0.403. The van der Waals surface area contributed by atoms with Crippen LogP contribution in [0.3, 0.4) is 0 Å². The quantitative estimate of drug-likeness (QED) is 0.786. The summed E-state index contributed by atoms with van der Waals surface area (Å²) in [6.45, 7) is 0. The van der Waals surface area contributed by atoms with Crippen molar-refractivity contribution in [1.82, 2.24) is 0 Å². The lowest BCUT2D eigenvalue weighted by Gasteiger charge is -2.00. The fraction of sp³-hybridized carbons (Fsp3) is 0. The van der Waals surface area contributed by atoms with Gasteiger partial charge in [0.1, 0.15) is 0 Å². The molecule has 4 nitrogen and oxygen atoms in total. The lowest BCUT2D eigenvalue weighted by atomic mass is 10.2. The number of halogens is 1. The Labute approximate surface area is 114 Å².